The standard InChI is InChI=1S/C17H29N3O3/c1-20-11-15(10-19-20)16-14(3-2-6-23-16)9-18-12-17(13-21)4-7-22-8-5-17/h10-11,14,16,18,21H,2-9,12-13H2,1H3/t14-,16+/m0/s1. The zero-order valence-electron chi connectivity index (χ0n) is 14.0. The monoisotopic (exact) mass is 323 g/mol. The first-order chi connectivity index (χ1) is 11.2. The summed E-state index contributed by atoms with van der Waals surface area (Å²) < 4.78 is 13.3. The Morgan fingerprint density at radius 2 is 2.22 bits per heavy atom. The molecule has 6 heteroatoms. The van der Waals surface area contributed by atoms with Crippen LogP contribution >= 0.6 is 0 Å². The van der Waals surface area contributed by atoms with Crippen LogP contribution in [-0.2, 0) is 16.5 Å². The van der Waals surface area contributed by atoms with E-state index in [1.165, 1.54) is 12.0 Å². The molecular formula is C17H29N3O3. The zero-order chi connectivity index (χ0) is 16.1. The molecule has 0 aliphatic carbocycles. The molecule has 3 heterocycles. The van der Waals surface area contributed by atoms with Gasteiger partial charge in [0.25, 0.3) is 0 Å². The molecule has 0 unspecified atom stereocenters. The normalized spacial score (nSPS) is 27.9. The van der Waals surface area contributed by atoms with Crippen molar-refractivity contribution in [2.24, 2.45) is 18.4 Å². The summed E-state index contributed by atoms with van der Waals surface area (Å²) in [4.78, 5) is 0. The number of nitrogens with one attached hydrogen (secondary N) is 1. The van der Waals surface area contributed by atoms with Gasteiger partial charge in [0, 0.05) is 63.1 Å². The first-order valence-corrected chi connectivity index (χ1v) is 8.72. The molecule has 23 heavy (non-hydrogen) atoms. The second-order valence-electron chi connectivity index (χ2n) is 7.04. The highest BCUT2D eigenvalue weighted by Gasteiger charge is 2.33. The molecule has 0 radical (unpaired) electrons. The fraction of sp³-hybridized carbons (Fsp3) is 0.824. The van der Waals surface area contributed by atoms with Gasteiger partial charge in [-0.2, -0.15) is 5.10 Å². The molecule has 0 bridgehead atoms. The molecular weight excluding hydrogens is 294 g/mol. The van der Waals surface area contributed by atoms with E-state index in [1.807, 2.05) is 17.9 Å². The molecule has 2 aliphatic heterocycles. The third kappa shape index (κ3) is 4.12. The number of aliphatic hydroxyl groups is 1. The summed E-state index contributed by atoms with van der Waals surface area (Å²) in [7, 11) is 1.94. The second-order valence-corrected chi connectivity index (χ2v) is 7.04. The molecule has 2 atom stereocenters. The largest absolute Gasteiger partial charge is 0.396 e. The van der Waals surface area contributed by atoms with Crippen molar-refractivity contribution >= 4 is 0 Å². The van der Waals surface area contributed by atoms with Gasteiger partial charge in [0.15, 0.2) is 0 Å². The average Bonchev–Trinajstić information content (AvgIpc) is 3.02. The highest BCUT2D eigenvalue weighted by Crippen LogP contribution is 2.34. The summed E-state index contributed by atoms with van der Waals surface area (Å²) in [6, 6.07) is 0. The minimum absolute atomic E-state index is 0.0163. The predicted molar refractivity (Wildman–Crippen MR) is 87.1 cm³/mol. The highest BCUT2D eigenvalue weighted by molar-refractivity contribution is 5.10. The van der Waals surface area contributed by atoms with Crippen molar-refractivity contribution in [3.8, 4) is 0 Å². The molecule has 1 aromatic rings. The molecule has 2 fully saturated rings. The lowest BCUT2D eigenvalue weighted by Crippen LogP contribution is -2.44. The molecule has 2 N–H and O–H groups in total. The Balaban J connectivity index is 1.55. The third-order valence-electron chi connectivity index (χ3n) is 5.29. The number of nitrogens with zero attached hydrogens (tertiary/aromatic N) is 2. The van der Waals surface area contributed by atoms with Crippen LogP contribution in [0.15, 0.2) is 12.4 Å². The predicted octanol–water partition coefficient (Wildman–Crippen LogP) is 1.27. The van der Waals surface area contributed by atoms with E-state index < -0.39 is 0 Å². The topological polar surface area (TPSA) is 68.5 Å². The second kappa shape index (κ2) is 7.75. The van der Waals surface area contributed by atoms with Crippen molar-refractivity contribution in [1.82, 2.24) is 15.1 Å². The molecule has 2 aliphatic rings. The number of hydrogen-bond acceptors (Lipinski definition) is 5. The number of hydrogen-bond donors (Lipinski definition) is 2. The van der Waals surface area contributed by atoms with Crippen molar-refractivity contribution in [3.63, 3.8) is 0 Å². The van der Waals surface area contributed by atoms with Crippen molar-refractivity contribution in [3.05, 3.63) is 18.0 Å². The fourth-order valence-electron chi connectivity index (χ4n) is 3.73. The molecule has 2 saturated heterocycles. The summed E-state index contributed by atoms with van der Waals surface area (Å²) in [5.74, 6) is 0.462. The van der Waals surface area contributed by atoms with Crippen LogP contribution in [0.5, 0.6) is 0 Å². The number of aromatic nitrogens is 2. The van der Waals surface area contributed by atoms with Crippen LogP contribution in [0, 0.1) is 11.3 Å². The van der Waals surface area contributed by atoms with Gasteiger partial charge in [-0.15, -0.1) is 0 Å². The van der Waals surface area contributed by atoms with E-state index in [9.17, 15) is 5.11 Å². The van der Waals surface area contributed by atoms with E-state index in [0.717, 1.165) is 52.2 Å². The summed E-state index contributed by atoms with van der Waals surface area (Å²) in [6.45, 7) is 4.34. The maximum Gasteiger partial charge on any atom is 0.0895 e. The Morgan fingerprint density at radius 1 is 1.39 bits per heavy atom. The smallest absolute Gasteiger partial charge is 0.0895 e. The van der Waals surface area contributed by atoms with Gasteiger partial charge in [0.2, 0.25) is 0 Å². The molecule has 0 aromatic carbocycles. The molecule has 3 rings (SSSR count). The van der Waals surface area contributed by atoms with E-state index in [4.69, 9.17) is 9.47 Å². The Morgan fingerprint density at radius 3 is 2.91 bits per heavy atom. The third-order valence-corrected chi connectivity index (χ3v) is 5.29. The van der Waals surface area contributed by atoms with Crippen LogP contribution in [0.1, 0.15) is 37.4 Å². The van der Waals surface area contributed by atoms with Crippen LogP contribution < -0.4 is 5.32 Å². The average molecular weight is 323 g/mol. The molecule has 0 spiro atoms. The van der Waals surface area contributed by atoms with Crippen LogP contribution in [-0.4, -0.2) is 54.4 Å². The van der Waals surface area contributed by atoms with Crippen molar-refractivity contribution < 1.29 is 14.6 Å². The number of rotatable bonds is 6. The number of aliphatic hydroxyl groups excluding tert-OH is 1. The van der Waals surface area contributed by atoms with Gasteiger partial charge in [0.05, 0.1) is 18.9 Å². The SMILES string of the molecule is Cn1cc([C@@H]2OCCC[C@H]2CNCC2(CO)CCOCC2)cn1. The van der Waals surface area contributed by atoms with Gasteiger partial charge in [0.1, 0.15) is 0 Å². The highest BCUT2D eigenvalue weighted by atomic mass is 16.5. The minimum atomic E-state index is -0.0163. The van der Waals surface area contributed by atoms with E-state index in [1.54, 1.807) is 0 Å². The molecule has 6 nitrogen and oxygen atoms in total. The molecule has 1 aromatic heterocycles. The molecule has 0 amide bonds. The van der Waals surface area contributed by atoms with Gasteiger partial charge >= 0.3 is 0 Å². The van der Waals surface area contributed by atoms with Crippen LogP contribution in [0.2, 0.25) is 0 Å². The lowest BCUT2D eigenvalue weighted by atomic mass is 9.80. The first-order valence-electron chi connectivity index (χ1n) is 8.72. The van der Waals surface area contributed by atoms with E-state index in [0.29, 0.717) is 5.92 Å². The van der Waals surface area contributed by atoms with Gasteiger partial charge in [-0.05, 0) is 25.7 Å². The van der Waals surface area contributed by atoms with Crippen LogP contribution in [0.4, 0.5) is 0 Å². The lowest BCUT2D eigenvalue weighted by Gasteiger charge is -2.37. The van der Waals surface area contributed by atoms with Crippen molar-refractivity contribution in [1.29, 1.82) is 0 Å². The Labute approximate surface area is 138 Å². The minimum Gasteiger partial charge on any atom is -0.396 e. The van der Waals surface area contributed by atoms with Gasteiger partial charge < -0.3 is 19.9 Å². The summed E-state index contributed by atoms with van der Waals surface area (Å²) in [5, 5.41) is 17.7. The quantitative estimate of drug-likeness (QED) is 0.825. The summed E-state index contributed by atoms with van der Waals surface area (Å²) >= 11 is 0. The molecule has 0 saturated carbocycles. The summed E-state index contributed by atoms with van der Waals surface area (Å²) in [6.07, 6.45) is 8.25. The van der Waals surface area contributed by atoms with Crippen LogP contribution in [0.25, 0.3) is 0 Å². The van der Waals surface area contributed by atoms with Crippen molar-refractivity contribution in [2.75, 3.05) is 39.5 Å². The van der Waals surface area contributed by atoms with E-state index >= 15 is 0 Å². The Kier molecular flexibility index (Phi) is 5.69. The van der Waals surface area contributed by atoms with Crippen molar-refractivity contribution in [2.45, 2.75) is 31.8 Å². The van der Waals surface area contributed by atoms with Gasteiger partial charge in [-0.25, -0.2) is 0 Å². The first kappa shape index (κ1) is 16.9. The molecule has 130 valence electrons. The van der Waals surface area contributed by atoms with E-state index in [-0.39, 0.29) is 18.1 Å². The number of ether oxygens (including phenoxy) is 2. The maximum atomic E-state index is 9.78. The maximum absolute atomic E-state index is 9.78. The zero-order valence-corrected chi connectivity index (χ0v) is 14.0. The Bertz CT molecular complexity index is 485. The van der Waals surface area contributed by atoms with Crippen LogP contribution in [0.3, 0.4) is 0 Å². The lowest BCUT2D eigenvalue weighted by molar-refractivity contribution is -0.0344. The fourth-order valence-corrected chi connectivity index (χ4v) is 3.73. The van der Waals surface area contributed by atoms with Gasteiger partial charge in [-0.3, -0.25) is 4.68 Å². The van der Waals surface area contributed by atoms with E-state index in [2.05, 4.69) is 16.6 Å². The number of aryl methyl sites for hydroxylation is 1. The van der Waals surface area contributed by atoms with Gasteiger partial charge in [-0.1, -0.05) is 0 Å². The summed E-state index contributed by atoms with van der Waals surface area (Å²) in [5.41, 5.74) is 1.15. The Hall–Kier alpha value is -0.950.